The van der Waals surface area contributed by atoms with E-state index < -0.39 is 0 Å². The number of carbonyl (C=O) groups is 1. The number of H-pyrrole nitrogens is 1. The normalized spacial score (nSPS) is 15.4. The Morgan fingerprint density at radius 2 is 2.28 bits per heavy atom. The van der Waals surface area contributed by atoms with Gasteiger partial charge in [-0.1, -0.05) is 23.7 Å². The minimum Gasteiger partial charge on any atom is -0.364 e. The Morgan fingerprint density at radius 3 is 3.00 bits per heavy atom. The predicted octanol–water partition coefficient (Wildman–Crippen LogP) is 4.52. The van der Waals surface area contributed by atoms with Gasteiger partial charge in [0.15, 0.2) is 0 Å². The first-order valence-electron chi connectivity index (χ1n) is 8.15. The van der Waals surface area contributed by atoms with Crippen LogP contribution in [0.25, 0.3) is 10.9 Å². The average molecular weight is 376 g/mol. The number of amides is 1. The van der Waals surface area contributed by atoms with Crippen LogP contribution >= 0.6 is 23.4 Å². The first kappa shape index (κ1) is 16.5. The fourth-order valence-corrected chi connectivity index (χ4v) is 3.85. The van der Waals surface area contributed by atoms with Gasteiger partial charge in [-0.3, -0.25) is 4.79 Å². The maximum atomic E-state index is 12.1. The van der Waals surface area contributed by atoms with Crippen molar-refractivity contribution in [2.45, 2.75) is 37.0 Å². The van der Waals surface area contributed by atoms with Crippen molar-refractivity contribution in [2.24, 2.45) is 5.41 Å². The second-order valence-corrected chi connectivity index (χ2v) is 8.11. The molecular weight excluding hydrogens is 358 g/mol. The fraction of sp³-hybridized carbons (Fsp3) is 0.333. The molecule has 0 spiro atoms. The summed E-state index contributed by atoms with van der Waals surface area (Å²) in [6.45, 7) is 2.51. The molecule has 7 heteroatoms. The maximum Gasteiger partial charge on any atom is 0.226 e. The van der Waals surface area contributed by atoms with Crippen molar-refractivity contribution < 1.29 is 9.32 Å². The lowest BCUT2D eigenvalue weighted by atomic mass is 10.1. The van der Waals surface area contributed by atoms with Crippen LogP contribution in [0.2, 0.25) is 5.02 Å². The van der Waals surface area contributed by atoms with Crippen molar-refractivity contribution in [1.82, 2.24) is 15.5 Å². The molecule has 1 saturated carbocycles. The van der Waals surface area contributed by atoms with Crippen LogP contribution in [0, 0.1) is 5.41 Å². The van der Waals surface area contributed by atoms with Crippen molar-refractivity contribution in [2.75, 3.05) is 0 Å². The summed E-state index contributed by atoms with van der Waals surface area (Å²) >= 11 is 8.01. The summed E-state index contributed by atoms with van der Waals surface area (Å²) in [5.41, 5.74) is 2.71. The molecule has 4 rings (SSSR count). The van der Waals surface area contributed by atoms with Crippen LogP contribution in [-0.2, 0) is 17.1 Å². The average Bonchev–Trinajstić information content (AvgIpc) is 3.01. The monoisotopic (exact) mass is 375 g/mol. The van der Waals surface area contributed by atoms with Crippen LogP contribution in [0.3, 0.4) is 0 Å². The van der Waals surface area contributed by atoms with Gasteiger partial charge >= 0.3 is 0 Å². The second-order valence-electron chi connectivity index (χ2n) is 6.69. The van der Waals surface area contributed by atoms with E-state index in [4.69, 9.17) is 16.1 Å². The highest BCUT2D eigenvalue weighted by Gasteiger charge is 2.44. The van der Waals surface area contributed by atoms with E-state index in [1.165, 1.54) is 0 Å². The second kappa shape index (κ2) is 6.42. The van der Waals surface area contributed by atoms with E-state index in [2.05, 4.69) is 15.5 Å². The Morgan fingerprint density at radius 1 is 1.44 bits per heavy atom. The molecule has 25 heavy (non-hydrogen) atoms. The third-order valence-corrected chi connectivity index (χ3v) is 6.10. The zero-order valence-electron chi connectivity index (χ0n) is 13.8. The third-order valence-electron chi connectivity index (χ3n) is 4.58. The van der Waals surface area contributed by atoms with Crippen LogP contribution in [0.1, 0.15) is 31.2 Å². The number of nitrogens with zero attached hydrogens (tertiary/aromatic N) is 1. The topological polar surface area (TPSA) is 70.9 Å². The highest BCUT2D eigenvalue weighted by Crippen LogP contribution is 2.45. The predicted molar refractivity (Wildman–Crippen MR) is 98.6 cm³/mol. The minimum atomic E-state index is -0.153. The van der Waals surface area contributed by atoms with E-state index >= 15 is 0 Å². The van der Waals surface area contributed by atoms with E-state index in [1.54, 1.807) is 18.0 Å². The van der Waals surface area contributed by atoms with Gasteiger partial charge in [-0.25, -0.2) is 0 Å². The lowest BCUT2D eigenvalue weighted by molar-refractivity contribution is -0.125. The summed E-state index contributed by atoms with van der Waals surface area (Å²) in [5.74, 6) is 0.831. The molecule has 130 valence electrons. The molecule has 0 unspecified atom stereocenters. The molecule has 1 aliphatic carbocycles. The molecule has 1 aromatic carbocycles. The van der Waals surface area contributed by atoms with Gasteiger partial charge in [0.25, 0.3) is 0 Å². The Balaban J connectivity index is 1.47. The Kier molecular flexibility index (Phi) is 4.25. The van der Waals surface area contributed by atoms with Crippen LogP contribution in [-0.4, -0.2) is 16.0 Å². The molecular formula is C18H18ClN3O2S. The summed E-state index contributed by atoms with van der Waals surface area (Å²) in [4.78, 5) is 16.4. The number of hydrogen-bond acceptors (Lipinski definition) is 4. The van der Waals surface area contributed by atoms with Crippen molar-refractivity contribution in [3.63, 3.8) is 0 Å². The van der Waals surface area contributed by atoms with Crippen LogP contribution in [0.5, 0.6) is 0 Å². The summed E-state index contributed by atoms with van der Waals surface area (Å²) in [5, 5.41) is 8.66. The van der Waals surface area contributed by atoms with Gasteiger partial charge in [0, 0.05) is 38.7 Å². The number of aromatic amines is 1. The highest BCUT2D eigenvalue weighted by molar-refractivity contribution is 7.98. The number of rotatable bonds is 6. The Bertz CT molecular complexity index is 916. The number of hydrogen-bond donors (Lipinski definition) is 2. The molecule has 5 nitrogen and oxygen atoms in total. The van der Waals surface area contributed by atoms with E-state index in [9.17, 15) is 4.79 Å². The van der Waals surface area contributed by atoms with Gasteiger partial charge < -0.3 is 14.8 Å². The van der Waals surface area contributed by atoms with E-state index in [0.717, 1.165) is 40.0 Å². The minimum absolute atomic E-state index is 0.132. The van der Waals surface area contributed by atoms with Crippen LogP contribution in [0.4, 0.5) is 0 Å². The fourth-order valence-electron chi connectivity index (χ4n) is 2.67. The van der Waals surface area contributed by atoms with Gasteiger partial charge in [0.05, 0.1) is 17.3 Å². The molecule has 2 aromatic heterocycles. The van der Waals surface area contributed by atoms with E-state index in [-0.39, 0.29) is 11.3 Å². The smallest absolute Gasteiger partial charge is 0.226 e. The van der Waals surface area contributed by atoms with Crippen molar-refractivity contribution in [3.8, 4) is 0 Å². The van der Waals surface area contributed by atoms with Gasteiger partial charge in [-0.15, -0.1) is 11.8 Å². The van der Waals surface area contributed by atoms with Crippen molar-refractivity contribution >= 4 is 40.2 Å². The molecule has 0 atom stereocenters. The Labute approximate surface area is 154 Å². The van der Waals surface area contributed by atoms with Crippen molar-refractivity contribution in [3.05, 3.63) is 46.9 Å². The summed E-state index contributed by atoms with van der Waals surface area (Å²) in [7, 11) is 0. The molecule has 0 saturated heterocycles. The number of nitrogens with one attached hydrogen (secondary N) is 2. The van der Waals surface area contributed by atoms with Crippen LogP contribution < -0.4 is 5.32 Å². The quantitative estimate of drug-likeness (QED) is 0.621. The lowest BCUT2D eigenvalue weighted by Crippen LogP contribution is -2.29. The lowest BCUT2D eigenvalue weighted by Gasteiger charge is -2.08. The molecule has 1 fully saturated rings. The third kappa shape index (κ3) is 3.55. The van der Waals surface area contributed by atoms with Crippen molar-refractivity contribution in [1.29, 1.82) is 0 Å². The molecule has 0 aliphatic heterocycles. The number of aromatic nitrogens is 2. The standard InChI is InChI=1S/C18H18ClN3O2S/c1-18(3-4-18)17(23)20-9-13-6-11-7-14(19)16(8-15(11)21-13)25-10-12-2-5-24-22-12/h2,5-8,21H,3-4,9-10H2,1H3,(H,20,23). The zero-order valence-corrected chi connectivity index (χ0v) is 15.3. The molecule has 2 heterocycles. The summed E-state index contributed by atoms with van der Waals surface area (Å²) < 4.78 is 4.84. The van der Waals surface area contributed by atoms with Gasteiger partial charge in [-0.2, -0.15) is 0 Å². The van der Waals surface area contributed by atoms with E-state index in [1.807, 2.05) is 31.2 Å². The SMILES string of the molecule is CC1(C(=O)NCc2cc3cc(Cl)c(SCc4ccon4)cc3[nH]2)CC1. The Hall–Kier alpha value is -1.92. The summed E-state index contributed by atoms with van der Waals surface area (Å²) in [6.07, 6.45) is 3.52. The first-order chi connectivity index (χ1) is 12.0. The van der Waals surface area contributed by atoms with Gasteiger partial charge in [0.1, 0.15) is 6.26 Å². The largest absolute Gasteiger partial charge is 0.364 e. The molecule has 2 N–H and O–H groups in total. The first-order valence-corrected chi connectivity index (χ1v) is 9.51. The van der Waals surface area contributed by atoms with Gasteiger partial charge in [0.2, 0.25) is 5.91 Å². The van der Waals surface area contributed by atoms with E-state index in [0.29, 0.717) is 17.3 Å². The molecule has 0 bridgehead atoms. The van der Waals surface area contributed by atoms with Gasteiger partial charge in [-0.05, 0) is 31.0 Å². The zero-order chi connectivity index (χ0) is 17.4. The number of carbonyl (C=O) groups excluding carboxylic acids is 1. The molecule has 1 aliphatic rings. The summed E-state index contributed by atoms with van der Waals surface area (Å²) in [6, 6.07) is 7.86. The number of benzene rings is 1. The number of halogens is 1. The highest BCUT2D eigenvalue weighted by atomic mass is 35.5. The van der Waals surface area contributed by atoms with Crippen LogP contribution in [0.15, 0.2) is 39.9 Å². The maximum absolute atomic E-state index is 12.1. The number of thioether (sulfide) groups is 1. The molecule has 3 aromatic rings. The molecule has 0 radical (unpaired) electrons. The number of fused-ring (bicyclic) bond motifs is 1. The molecule has 1 amide bonds.